The van der Waals surface area contributed by atoms with Crippen LogP contribution >= 0.6 is 23.4 Å². The minimum absolute atomic E-state index is 0.0499. The van der Waals surface area contributed by atoms with E-state index >= 15 is 0 Å². The fourth-order valence-corrected chi connectivity index (χ4v) is 2.92. The van der Waals surface area contributed by atoms with Crippen LogP contribution in [-0.4, -0.2) is 16.8 Å². The third-order valence-electron chi connectivity index (χ3n) is 2.83. The van der Waals surface area contributed by atoms with Crippen LogP contribution in [-0.2, 0) is 4.79 Å². The fraction of sp³-hybridized carbons (Fsp3) is 0.0667. The lowest BCUT2D eigenvalue weighted by atomic mass is 10.3. The Kier molecular flexibility index (Phi) is 3.76. The Morgan fingerprint density at radius 1 is 1.05 bits per heavy atom. The Morgan fingerprint density at radius 2 is 1.75 bits per heavy atom. The molecule has 0 atom stereocenters. The molecule has 0 unspecified atom stereocenters. The van der Waals surface area contributed by atoms with Crippen molar-refractivity contribution in [3.05, 3.63) is 59.6 Å². The topological polar surface area (TPSA) is 32.7 Å². The first-order valence-corrected chi connectivity index (χ1v) is 7.45. The zero-order valence-corrected chi connectivity index (χ0v) is 12.1. The fourth-order valence-electron chi connectivity index (χ4n) is 1.90. The van der Waals surface area contributed by atoms with E-state index in [4.69, 9.17) is 11.6 Å². The van der Waals surface area contributed by atoms with Crippen LogP contribution in [0.4, 0.5) is 11.4 Å². The molecule has 0 N–H and O–H groups in total. The number of aliphatic imine (C=N–C) groups is 1. The Morgan fingerprint density at radius 3 is 2.45 bits per heavy atom. The van der Waals surface area contributed by atoms with E-state index in [1.165, 1.54) is 11.8 Å². The molecule has 0 aliphatic carbocycles. The molecule has 0 bridgehead atoms. The number of carbonyl (C=O) groups excluding carboxylic acids is 1. The van der Waals surface area contributed by atoms with Gasteiger partial charge in [0.25, 0.3) is 0 Å². The second-order valence-electron chi connectivity index (χ2n) is 4.22. The molecule has 1 aliphatic heterocycles. The Labute approximate surface area is 126 Å². The van der Waals surface area contributed by atoms with E-state index in [2.05, 4.69) is 4.99 Å². The number of para-hydroxylation sites is 1. The van der Waals surface area contributed by atoms with Crippen LogP contribution in [0, 0.1) is 0 Å². The van der Waals surface area contributed by atoms with E-state index in [0.29, 0.717) is 15.9 Å². The van der Waals surface area contributed by atoms with E-state index in [9.17, 15) is 4.79 Å². The van der Waals surface area contributed by atoms with E-state index in [1.54, 1.807) is 17.0 Å². The zero-order chi connectivity index (χ0) is 13.9. The molecule has 1 aliphatic rings. The third-order valence-corrected chi connectivity index (χ3v) is 4.01. The summed E-state index contributed by atoms with van der Waals surface area (Å²) in [5, 5.41) is 1.37. The minimum atomic E-state index is 0.0499. The molecule has 2 aromatic carbocycles. The van der Waals surface area contributed by atoms with Gasteiger partial charge in [-0.3, -0.25) is 9.69 Å². The van der Waals surface area contributed by atoms with Crippen LogP contribution in [0.3, 0.4) is 0 Å². The second-order valence-corrected chi connectivity index (χ2v) is 5.60. The zero-order valence-electron chi connectivity index (χ0n) is 10.5. The van der Waals surface area contributed by atoms with Crippen molar-refractivity contribution in [1.82, 2.24) is 0 Å². The van der Waals surface area contributed by atoms with Gasteiger partial charge in [-0.2, -0.15) is 0 Å². The molecular weight excluding hydrogens is 292 g/mol. The van der Waals surface area contributed by atoms with Gasteiger partial charge in [0.1, 0.15) is 0 Å². The van der Waals surface area contributed by atoms with Crippen molar-refractivity contribution in [2.45, 2.75) is 0 Å². The molecule has 2 aromatic rings. The van der Waals surface area contributed by atoms with Crippen LogP contribution < -0.4 is 4.90 Å². The number of nitrogens with zero attached hydrogens (tertiary/aromatic N) is 2. The monoisotopic (exact) mass is 302 g/mol. The van der Waals surface area contributed by atoms with Crippen molar-refractivity contribution < 1.29 is 4.79 Å². The summed E-state index contributed by atoms with van der Waals surface area (Å²) in [5.74, 6) is 0.468. The normalized spacial score (nSPS) is 16.9. The number of halogens is 1. The van der Waals surface area contributed by atoms with Gasteiger partial charge in [-0.1, -0.05) is 41.6 Å². The van der Waals surface area contributed by atoms with Crippen molar-refractivity contribution in [2.75, 3.05) is 10.7 Å². The molecule has 1 fully saturated rings. The number of amides is 1. The lowest BCUT2D eigenvalue weighted by molar-refractivity contribution is -0.115. The number of amidine groups is 1. The maximum atomic E-state index is 12.0. The Bertz CT molecular complexity index is 655. The first kappa shape index (κ1) is 13.2. The van der Waals surface area contributed by atoms with Crippen molar-refractivity contribution in [3.63, 3.8) is 0 Å². The molecule has 0 radical (unpaired) electrons. The summed E-state index contributed by atoms with van der Waals surface area (Å²) in [6, 6.07) is 16.8. The standard InChI is InChI=1S/C15H11ClN2OS/c16-11-6-8-12(9-7-11)17-15-18(14(19)10-20-15)13-4-2-1-3-5-13/h1-9H,10H2. The van der Waals surface area contributed by atoms with Crippen molar-refractivity contribution in [2.24, 2.45) is 4.99 Å². The van der Waals surface area contributed by atoms with Crippen LogP contribution in [0.1, 0.15) is 0 Å². The number of anilines is 1. The highest BCUT2D eigenvalue weighted by atomic mass is 35.5. The SMILES string of the molecule is O=C1CSC(=Nc2ccc(Cl)cc2)N1c1ccccc1. The minimum Gasteiger partial charge on any atom is -0.273 e. The first-order chi connectivity index (χ1) is 9.74. The number of carbonyl (C=O) groups is 1. The van der Waals surface area contributed by atoms with Crippen molar-refractivity contribution in [1.29, 1.82) is 0 Å². The highest BCUT2D eigenvalue weighted by molar-refractivity contribution is 8.15. The van der Waals surface area contributed by atoms with E-state index < -0.39 is 0 Å². The predicted molar refractivity (Wildman–Crippen MR) is 84.9 cm³/mol. The maximum absolute atomic E-state index is 12.0. The van der Waals surface area contributed by atoms with Gasteiger partial charge in [0.15, 0.2) is 5.17 Å². The van der Waals surface area contributed by atoms with Gasteiger partial charge >= 0.3 is 0 Å². The highest BCUT2D eigenvalue weighted by Crippen LogP contribution is 2.29. The number of benzene rings is 2. The van der Waals surface area contributed by atoms with Crippen LogP contribution in [0.15, 0.2) is 59.6 Å². The van der Waals surface area contributed by atoms with Gasteiger partial charge < -0.3 is 0 Å². The molecule has 1 heterocycles. The molecule has 1 amide bonds. The predicted octanol–water partition coefficient (Wildman–Crippen LogP) is 4.11. The molecule has 0 saturated carbocycles. The van der Waals surface area contributed by atoms with Gasteiger partial charge in [-0.25, -0.2) is 4.99 Å². The number of hydrogen-bond acceptors (Lipinski definition) is 3. The van der Waals surface area contributed by atoms with Crippen molar-refractivity contribution in [3.8, 4) is 0 Å². The summed E-state index contributed by atoms with van der Waals surface area (Å²) < 4.78 is 0. The summed E-state index contributed by atoms with van der Waals surface area (Å²) >= 11 is 7.30. The summed E-state index contributed by atoms with van der Waals surface area (Å²) in [7, 11) is 0. The van der Waals surface area contributed by atoms with E-state index in [1.807, 2.05) is 42.5 Å². The molecule has 0 spiro atoms. The van der Waals surface area contributed by atoms with Gasteiger partial charge in [0.05, 0.1) is 17.1 Å². The Balaban J connectivity index is 1.96. The summed E-state index contributed by atoms with van der Waals surface area (Å²) in [5.41, 5.74) is 1.63. The molecule has 3 rings (SSSR count). The Hall–Kier alpha value is -1.78. The molecule has 100 valence electrons. The lowest BCUT2D eigenvalue weighted by Crippen LogP contribution is -2.28. The summed E-state index contributed by atoms with van der Waals surface area (Å²) in [6.45, 7) is 0. The smallest absolute Gasteiger partial charge is 0.243 e. The maximum Gasteiger partial charge on any atom is 0.243 e. The molecule has 3 nitrogen and oxygen atoms in total. The second kappa shape index (κ2) is 5.69. The molecule has 1 saturated heterocycles. The molecule has 0 aromatic heterocycles. The summed E-state index contributed by atoms with van der Waals surface area (Å²) in [4.78, 5) is 18.2. The van der Waals surface area contributed by atoms with Gasteiger partial charge in [0.2, 0.25) is 5.91 Å². The first-order valence-electron chi connectivity index (χ1n) is 6.09. The number of hydrogen-bond donors (Lipinski definition) is 0. The number of thioether (sulfide) groups is 1. The van der Waals surface area contributed by atoms with E-state index in [0.717, 1.165) is 11.4 Å². The van der Waals surface area contributed by atoms with E-state index in [-0.39, 0.29) is 5.91 Å². The summed E-state index contributed by atoms with van der Waals surface area (Å²) in [6.07, 6.45) is 0. The molecular formula is C15H11ClN2OS. The van der Waals surface area contributed by atoms with Gasteiger partial charge in [0, 0.05) is 5.02 Å². The van der Waals surface area contributed by atoms with Crippen LogP contribution in [0.5, 0.6) is 0 Å². The average molecular weight is 303 g/mol. The highest BCUT2D eigenvalue weighted by Gasteiger charge is 2.29. The quantitative estimate of drug-likeness (QED) is 0.836. The number of rotatable bonds is 2. The van der Waals surface area contributed by atoms with Gasteiger partial charge in [-0.15, -0.1) is 0 Å². The third kappa shape index (κ3) is 2.71. The largest absolute Gasteiger partial charge is 0.273 e. The van der Waals surface area contributed by atoms with Crippen LogP contribution in [0.25, 0.3) is 0 Å². The van der Waals surface area contributed by atoms with Crippen LogP contribution in [0.2, 0.25) is 5.02 Å². The molecule has 5 heteroatoms. The average Bonchev–Trinajstić information content (AvgIpc) is 2.83. The lowest BCUT2D eigenvalue weighted by Gasteiger charge is -2.15. The molecule has 20 heavy (non-hydrogen) atoms. The van der Waals surface area contributed by atoms with Crippen molar-refractivity contribution >= 4 is 45.8 Å². The van der Waals surface area contributed by atoms with Gasteiger partial charge in [-0.05, 0) is 36.4 Å².